The molecule has 6 rings (SSSR count). The van der Waals surface area contributed by atoms with Crippen molar-refractivity contribution < 1.29 is 19.2 Å². The number of methoxy groups -OCH3 is 1. The minimum absolute atomic E-state index is 0.267. The van der Waals surface area contributed by atoms with Crippen LogP contribution in [0.1, 0.15) is 11.6 Å². The number of hydrogen-bond donors (Lipinski definition) is 0. The van der Waals surface area contributed by atoms with Crippen molar-refractivity contribution in [2.24, 2.45) is 5.92 Å². The number of hydroxylamine groups is 1. The standard InChI is InChI=1S/C28H22N2O4/c1-33-23-13-7-10-20(17-23)25-24-26(34-30(25)21-11-3-2-4-12-21)28(32)29(27(24)31)22-15-14-18-8-5-6-9-19(18)16-22/h2-17,24-26H,1H3/t24-,25+,26+/m1/s1. The van der Waals surface area contributed by atoms with Crippen molar-refractivity contribution in [1.82, 2.24) is 0 Å². The Morgan fingerprint density at radius 2 is 1.50 bits per heavy atom. The number of carbonyl (C=O) groups excluding carboxylic acids is 2. The number of amides is 2. The Hall–Kier alpha value is -4.16. The first kappa shape index (κ1) is 20.4. The number of hydrogen-bond acceptors (Lipinski definition) is 5. The molecule has 168 valence electrons. The van der Waals surface area contributed by atoms with Gasteiger partial charge in [0.15, 0.2) is 6.10 Å². The second-order valence-electron chi connectivity index (χ2n) is 8.48. The summed E-state index contributed by atoms with van der Waals surface area (Å²) in [5.41, 5.74) is 2.18. The van der Waals surface area contributed by atoms with Gasteiger partial charge in [0.2, 0.25) is 5.91 Å². The van der Waals surface area contributed by atoms with Crippen LogP contribution in [0.4, 0.5) is 11.4 Å². The summed E-state index contributed by atoms with van der Waals surface area (Å²) >= 11 is 0. The molecule has 2 aliphatic rings. The number of benzene rings is 4. The van der Waals surface area contributed by atoms with Crippen LogP contribution >= 0.6 is 0 Å². The van der Waals surface area contributed by atoms with E-state index in [1.807, 2.05) is 97.1 Å². The van der Waals surface area contributed by atoms with Crippen molar-refractivity contribution in [3.8, 4) is 5.75 Å². The highest BCUT2D eigenvalue weighted by Crippen LogP contribution is 2.48. The van der Waals surface area contributed by atoms with E-state index in [-0.39, 0.29) is 11.8 Å². The quantitative estimate of drug-likeness (QED) is 0.414. The van der Waals surface area contributed by atoms with Gasteiger partial charge >= 0.3 is 0 Å². The van der Waals surface area contributed by atoms with Gasteiger partial charge < -0.3 is 4.74 Å². The number of para-hydroxylation sites is 1. The maximum Gasteiger partial charge on any atom is 0.266 e. The third kappa shape index (κ3) is 3.15. The number of rotatable bonds is 4. The third-order valence-electron chi connectivity index (χ3n) is 6.55. The summed E-state index contributed by atoms with van der Waals surface area (Å²) in [6, 6.07) is 30.1. The van der Waals surface area contributed by atoms with Gasteiger partial charge in [-0.3, -0.25) is 14.4 Å². The molecule has 0 aliphatic carbocycles. The van der Waals surface area contributed by atoms with Crippen molar-refractivity contribution in [2.75, 3.05) is 17.1 Å². The van der Waals surface area contributed by atoms with Gasteiger partial charge in [-0.2, -0.15) is 0 Å². The largest absolute Gasteiger partial charge is 0.497 e. The zero-order chi connectivity index (χ0) is 23.2. The van der Waals surface area contributed by atoms with Crippen molar-refractivity contribution in [3.63, 3.8) is 0 Å². The molecule has 2 fully saturated rings. The zero-order valence-electron chi connectivity index (χ0n) is 18.5. The predicted molar refractivity (Wildman–Crippen MR) is 129 cm³/mol. The van der Waals surface area contributed by atoms with Gasteiger partial charge in [0, 0.05) is 0 Å². The van der Waals surface area contributed by atoms with E-state index in [0.29, 0.717) is 11.4 Å². The van der Waals surface area contributed by atoms with Crippen LogP contribution in [-0.2, 0) is 14.4 Å². The molecule has 0 N–H and O–H groups in total. The van der Waals surface area contributed by atoms with Crippen molar-refractivity contribution in [3.05, 3.63) is 103 Å². The topological polar surface area (TPSA) is 59.1 Å². The lowest BCUT2D eigenvalue weighted by molar-refractivity contribution is -0.126. The Labute approximate surface area is 196 Å². The van der Waals surface area contributed by atoms with E-state index in [1.165, 1.54) is 4.90 Å². The average molecular weight is 450 g/mol. The van der Waals surface area contributed by atoms with Gasteiger partial charge in [0.25, 0.3) is 5.91 Å². The van der Waals surface area contributed by atoms with Crippen molar-refractivity contribution in [1.29, 1.82) is 0 Å². The molecule has 0 unspecified atom stereocenters. The maximum absolute atomic E-state index is 13.8. The van der Waals surface area contributed by atoms with Crippen LogP contribution in [0.2, 0.25) is 0 Å². The fraction of sp³-hybridized carbons (Fsp3) is 0.143. The molecule has 4 aromatic carbocycles. The second-order valence-corrected chi connectivity index (χ2v) is 8.48. The number of fused-ring (bicyclic) bond motifs is 2. The third-order valence-corrected chi connectivity index (χ3v) is 6.55. The van der Waals surface area contributed by atoms with E-state index >= 15 is 0 Å². The van der Waals surface area contributed by atoms with Crippen LogP contribution in [0.3, 0.4) is 0 Å². The first-order chi connectivity index (χ1) is 16.7. The number of ether oxygens (including phenoxy) is 1. The Bertz CT molecular complexity index is 1400. The van der Waals surface area contributed by atoms with Gasteiger partial charge in [0.05, 0.1) is 24.5 Å². The Kier molecular flexibility index (Phi) is 4.81. The van der Waals surface area contributed by atoms with Crippen LogP contribution in [0.5, 0.6) is 5.75 Å². The molecule has 0 spiro atoms. The van der Waals surface area contributed by atoms with E-state index in [1.54, 1.807) is 12.2 Å². The molecule has 34 heavy (non-hydrogen) atoms. The maximum atomic E-state index is 13.8. The highest BCUT2D eigenvalue weighted by atomic mass is 16.7. The summed E-state index contributed by atoms with van der Waals surface area (Å²) < 4.78 is 5.42. The Morgan fingerprint density at radius 3 is 2.29 bits per heavy atom. The first-order valence-corrected chi connectivity index (χ1v) is 11.2. The van der Waals surface area contributed by atoms with Gasteiger partial charge in [0.1, 0.15) is 11.7 Å². The Balaban J connectivity index is 1.44. The number of anilines is 2. The lowest BCUT2D eigenvalue weighted by atomic mass is 9.90. The molecule has 0 aromatic heterocycles. The fourth-order valence-electron chi connectivity index (χ4n) is 4.95. The minimum atomic E-state index is -0.907. The van der Waals surface area contributed by atoms with Crippen LogP contribution in [0, 0.1) is 5.92 Å². The highest BCUT2D eigenvalue weighted by molar-refractivity contribution is 6.24. The summed E-state index contributed by atoms with van der Waals surface area (Å²) in [5.74, 6) is -0.628. The monoisotopic (exact) mass is 450 g/mol. The highest BCUT2D eigenvalue weighted by Gasteiger charge is 2.60. The lowest BCUT2D eigenvalue weighted by Gasteiger charge is -2.29. The minimum Gasteiger partial charge on any atom is -0.497 e. The normalized spacial score (nSPS) is 21.9. The van der Waals surface area contributed by atoms with Gasteiger partial charge in [-0.25, -0.2) is 9.96 Å². The van der Waals surface area contributed by atoms with Crippen LogP contribution in [0.15, 0.2) is 97.1 Å². The van der Waals surface area contributed by atoms with Crippen molar-refractivity contribution in [2.45, 2.75) is 12.1 Å². The number of carbonyl (C=O) groups is 2. The van der Waals surface area contributed by atoms with E-state index < -0.39 is 18.1 Å². The van der Waals surface area contributed by atoms with E-state index in [4.69, 9.17) is 9.57 Å². The molecule has 2 heterocycles. The van der Waals surface area contributed by atoms with Gasteiger partial charge in [-0.05, 0) is 52.7 Å². The molecule has 6 heteroatoms. The predicted octanol–water partition coefficient (Wildman–Crippen LogP) is 4.90. The molecule has 0 bridgehead atoms. The van der Waals surface area contributed by atoms with Gasteiger partial charge in [-0.15, -0.1) is 0 Å². The van der Waals surface area contributed by atoms with Crippen molar-refractivity contribution >= 4 is 34.0 Å². The number of imide groups is 1. The molecule has 2 aliphatic heterocycles. The second kappa shape index (κ2) is 8.01. The lowest BCUT2D eigenvalue weighted by Crippen LogP contribution is -2.37. The summed E-state index contributed by atoms with van der Waals surface area (Å²) in [7, 11) is 1.60. The summed E-state index contributed by atoms with van der Waals surface area (Å²) in [4.78, 5) is 34.8. The van der Waals surface area contributed by atoms with E-state index in [0.717, 1.165) is 22.0 Å². The summed E-state index contributed by atoms with van der Waals surface area (Å²) in [6.07, 6.45) is -0.907. The van der Waals surface area contributed by atoms with E-state index in [2.05, 4.69) is 0 Å². The Morgan fingerprint density at radius 1 is 0.735 bits per heavy atom. The molecular formula is C28H22N2O4. The first-order valence-electron chi connectivity index (χ1n) is 11.2. The molecule has 6 nitrogen and oxygen atoms in total. The fourth-order valence-corrected chi connectivity index (χ4v) is 4.95. The summed E-state index contributed by atoms with van der Waals surface area (Å²) in [6.45, 7) is 0. The molecule has 4 aromatic rings. The molecule has 2 amide bonds. The van der Waals surface area contributed by atoms with Crippen LogP contribution < -0.4 is 14.7 Å². The average Bonchev–Trinajstić information content (AvgIpc) is 3.40. The van der Waals surface area contributed by atoms with Crippen LogP contribution in [0.25, 0.3) is 10.8 Å². The molecule has 2 saturated heterocycles. The van der Waals surface area contributed by atoms with Gasteiger partial charge in [-0.1, -0.05) is 60.7 Å². The zero-order valence-corrected chi connectivity index (χ0v) is 18.5. The SMILES string of the molecule is COc1cccc([C@H]2[C@H]3C(=O)N(c4ccc5ccccc5c4)C(=O)[C@H]3ON2c2ccccc2)c1. The molecular weight excluding hydrogens is 428 g/mol. The molecule has 3 atom stereocenters. The molecule has 0 radical (unpaired) electrons. The molecule has 0 saturated carbocycles. The van der Waals surface area contributed by atoms with Crippen LogP contribution in [-0.4, -0.2) is 25.0 Å². The number of nitrogens with zero attached hydrogens (tertiary/aromatic N) is 2. The smallest absolute Gasteiger partial charge is 0.266 e. The summed E-state index contributed by atoms with van der Waals surface area (Å²) in [5, 5.41) is 3.71. The van der Waals surface area contributed by atoms with E-state index in [9.17, 15) is 9.59 Å².